The molecule has 0 saturated heterocycles. The van der Waals surface area contributed by atoms with Crippen LogP contribution in [0.4, 0.5) is 0 Å². The van der Waals surface area contributed by atoms with Gasteiger partial charge in [0.1, 0.15) is 11.8 Å². The molecule has 1 N–H and O–H groups in total. The lowest BCUT2D eigenvalue weighted by Gasteiger charge is -2.19. The molecule has 164 valence electrons. The Morgan fingerprint density at radius 2 is 2.09 bits per heavy atom. The van der Waals surface area contributed by atoms with E-state index >= 15 is 0 Å². The number of amides is 1. The summed E-state index contributed by atoms with van der Waals surface area (Å²) in [6.07, 6.45) is 5.49. The molecular weight excluding hydrogens is 414 g/mol. The number of nitrogens with one attached hydrogen (secondary N) is 1. The van der Waals surface area contributed by atoms with E-state index in [9.17, 15) is 10.1 Å². The van der Waals surface area contributed by atoms with Gasteiger partial charge in [-0.05, 0) is 43.5 Å². The molecule has 0 spiro atoms. The number of ether oxygens (including phenoxy) is 1. The van der Waals surface area contributed by atoms with Gasteiger partial charge in [0.2, 0.25) is 0 Å². The monoisotopic (exact) mass is 437 g/mol. The minimum atomic E-state index is -0.122. The number of pyridine rings is 1. The molecule has 0 unspecified atom stereocenters. The number of carbonyl (C=O) groups excluding carboxylic acids is 1. The molecule has 5 rings (SSSR count). The summed E-state index contributed by atoms with van der Waals surface area (Å²) in [7, 11) is 1.75. The molecule has 33 heavy (non-hydrogen) atoms. The number of rotatable bonds is 6. The molecule has 2 aromatic heterocycles. The smallest absolute Gasteiger partial charge is 0.254 e. The number of fused-ring (bicyclic) bond motifs is 1. The second-order valence-corrected chi connectivity index (χ2v) is 8.46. The first-order valence-electron chi connectivity index (χ1n) is 10.9. The lowest BCUT2D eigenvalue weighted by Crippen LogP contribution is -2.26. The van der Waals surface area contributed by atoms with Crippen molar-refractivity contribution < 1.29 is 9.53 Å². The van der Waals surface area contributed by atoms with E-state index < -0.39 is 0 Å². The number of H-pyrrole nitrogens is 1. The van der Waals surface area contributed by atoms with Crippen LogP contribution in [0.15, 0.2) is 54.9 Å². The summed E-state index contributed by atoms with van der Waals surface area (Å²) in [4.78, 5) is 19.1. The number of nitrogens with zero attached hydrogens (tertiary/aromatic N) is 4. The van der Waals surface area contributed by atoms with E-state index in [-0.39, 0.29) is 12.0 Å². The van der Waals surface area contributed by atoms with Gasteiger partial charge in [0.15, 0.2) is 5.69 Å². The Labute approximate surface area is 191 Å². The summed E-state index contributed by atoms with van der Waals surface area (Å²) < 4.78 is 6.19. The zero-order valence-electron chi connectivity index (χ0n) is 18.5. The van der Waals surface area contributed by atoms with Gasteiger partial charge in [-0.15, -0.1) is 0 Å². The standard InChI is InChI=1S/C26H23N5O2/c1-16-4-3-5-17(10-16)21-9-6-18(11-24(21)33-20-7-8-20)26(32)31(2)15-19-13-28-23(12-27)22-14-29-30-25(19)22/h3-6,9-11,13-14,20H,7-8,15H2,1-2H3,(H,29,30). The highest BCUT2D eigenvalue weighted by Gasteiger charge is 2.26. The van der Waals surface area contributed by atoms with Gasteiger partial charge in [-0.3, -0.25) is 9.89 Å². The zero-order valence-corrected chi connectivity index (χ0v) is 18.5. The molecule has 1 aliphatic carbocycles. The summed E-state index contributed by atoms with van der Waals surface area (Å²) >= 11 is 0. The Kier molecular flexibility index (Phi) is 5.27. The van der Waals surface area contributed by atoms with Gasteiger partial charge >= 0.3 is 0 Å². The molecule has 2 heterocycles. The van der Waals surface area contributed by atoms with E-state index in [0.29, 0.717) is 28.7 Å². The Bertz CT molecular complexity index is 1400. The topological polar surface area (TPSA) is 94.9 Å². The van der Waals surface area contributed by atoms with Gasteiger partial charge in [-0.1, -0.05) is 29.8 Å². The van der Waals surface area contributed by atoms with E-state index in [1.54, 1.807) is 24.3 Å². The first kappa shape index (κ1) is 20.7. The van der Waals surface area contributed by atoms with Gasteiger partial charge < -0.3 is 9.64 Å². The molecule has 1 fully saturated rings. The highest BCUT2D eigenvalue weighted by Crippen LogP contribution is 2.36. The van der Waals surface area contributed by atoms with Crippen LogP contribution in [0.25, 0.3) is 22.0 Å². The minimum Gasteiger partial charge on any atom is -0.490 e. The number of aromatic amines is 1. The molecule has 1 aliphatic rings. The molecule has 7 nitrogen and oxygen atoms in total. The van der Waals surface area contributed by atoms with Crippen LogP contribution >= 0.6 is 0 Å². The number of nitriles is 1. The maximum atomic E-state index is 13.3. The van der Waals surface area contributed by atoms with Crippen LogP contribution < -0.4 is 4.74 Å². The maximum Gasteiger partial charge on any atom is 0.254 e. The van der Waals surface area contributed by atoms with Crippen molar-refractivity contribution in [3.8, 4) is 22.9 Å². The van der Waals surface area contributed by atoms with E-state index in [2.05, 4.69) is 46.4 Å². The Morgan fingerprint density at radius 1 is 1.24 bits per heavy atom. The number of aryl methyl sites for hydroxylation is 1. The van der Waals surface area contributed by atoms with Crippen LogP contribution in [0.1, 0.15) is 40.0 Å². The van der Waals surface area contributed by atoms with Crippen molar-refractivity contribution in [3.05, 3.63) is 77.2 Å². The van der Waals surface area contributed by atoms with E-state index in [1.165, 1.54) is 5.56 Å². The number of benzene rings is 2. The second-order valence-electron chi connectivity index (χ2n) is 8.46. The highest BCUT2D eigenvalue weighted by molar-refractivity contribution is 5.96. The van der Waals surface area contributed by atoms with Crippen LogP contribution in [-0.4, -0.2) is 39.1 Å². The van der Waals surface area contributed by atoms with Crippen molar-refractivity contribution in [1.82, 2.24) is 20.1 Å². The van der Waals surface area contributed by atoms with Gasteiger partial charge in [0, 0.05) is 36.5 Å². The molecule has 7 heteroatoms. The summed E-state index contributed by atoms with van der Waals surface area (Å²) in [5, 5.41) is 16.8. The molecule has 0 aliphatic heterocycles. The fourth-order valence-electron chi connectivity index (χ4n) is 3.91. The predicted octanol–water partition coefficient (Wildman–Crippen LogP) is 4.62. The summed E-state index contributed by atoms with van der Waals surface area (Å²) in [5.74, 6) is 0.613. The largest absolute Gasteiger partial charge is 0.490 e. The molecule has 4 aromatic rings. The van der Waals surface area contributed by atoms with Gasteiger partial charge in [-0.25, -0.2) is 4.98 Å². The van der Waals surface area contributed by atoms with Crippen molar-refractivity contribution in [2.24, 2.45) is 0 Å². The average Bonchev–Trinajstić information content (AvgIpc) is 3.49. The third-order valence-electron chi connectivity index (χ3n) is 5.80. The SMILES string of the molecule is Cc1cccc(-c2ccc(C(=O)N(C)Cc3cnc(C#N)c4cn[nH]c34)cc2OC2CC2)c1. The van der Waals surface area contributed by atoms with Crippen molar-refractivity contribution in [2.75, 3.05) is 7.05 Å². The van der Waals surface area contributed by atoms with Crippen molar-refractivity contribution in [2.45, 2.75) is 32.4 Å². The van der Waals surface area contributed by atoms with Crippen LogP contribution in [0.3, 0.4) is 0 Å². The normalized spacial score (nSPS) is 13.0. The van der Waals surface area contributed by atoms with Crippen molar-refractivity contribution >= 4 is 16.8 Å². The minimum absolute atomic E-state index is 0.122. The molecule has 0 atom stereocenters. The number of hydrogen-bond acceptors (Lipinski definition) is 5. The fourth-order valence-corrected chi connectivity index (χ4v) is 3.91. The van der Waals surface area contributed by atoms with Crippen LogP contribution in [0.2, 0.25) is 0 Å². The Hall–Kier alpha value is -4.18. The number of carbonyl (C=O) groups is 1. The summed E-state index contributed by atoms with van der Waals surface area (Å²) in [5.41, 5.74) is 5.61. The number of aromatic nitrogens is 3. The molecule has 0 bridgehead atoms. The Morgan fingerprint density at radius 3 is 2.85 bits per heavy atom. The predicted molar refractivity (Wildman–Crippen MR) is 125 cm³/mol. The zero-order chi connectivity index (χ0) is 22.9. The average molecular weight is 438 g/mol. The summed E-state index contributed by atoms with van der Waals surface area (Å²) in [6, 6.07) is 16.0. The molecular formula is C26H23N5O2. The van der Waals surface area contributed by atoms with Crippen LogP contribution in [0.5, 0.6) is 5.75 Å². The van der Waals surface area contributed by atoms with E-state index in [4.69, 9.17) is 4.74 Å². The lowest BCUT2D eigenvalue weighted by molar-refractivity contribution is 0.0785. The lowest BCUT2D eigenvalue weighted by atomic mass is 10.0. The summed E-state index contributed by atoms with van der Waals surface area (Å²) in [6.45, 7) is 2.39. The molecule has 1 amide bonds. The Balaban J connectivity index is 1.43. The first-order valence-corrected chi connectivity index (χ1v) is 10.9. The first-order chi connectivity index (χ1) is 16.0. The van der Waals surface area contributed by atoms with Crippen LogP contribution in [0, 0.1) is 18.3 Å². The molecule has 1 saturated carbocycles. The van der Waals surface area contributed by atoms with E-state index in [1.807, 2.05) is 24.3 Å². The highest BCUT2D eigenvalue weighted by atomic mass is 16.5. The fraction of sp³-hybridized carbons (Fsp3) is 0.231. The van der Waals surface area contributed by atoms with Crippen molar-refractivity contribution in [3.63, 3.8) is 0 Å². The number of hydrogen-bond donors (Lipinski definition) is 1. The quantitative estimate of drug-likeness (QED) is 0.475. The van der Waals surface area contributed by atoms with E-state index in [0.717, 1.165) is 35.3 Å². The molecule has 0 radical (unpaired) electrons. The second kappa shape index (κ2) is 8.40. The van der Waals surface area contributed by atoms with Gasteiger partial charge in [0.25, 0.3) is 5.91 Å². The third kappa shape index (κ3) is 4.15. The molecule has 2 aromatic carbocycles. The van der Waals surface area contributed by atoms with Gasteiger partial charge in [0.05, 0.1) is 23.2 Å². The van der Waals surface area contributed by atoms with Crippen LogP contribution in [-0.2, 0) is 6.54 Å². The van der Waals surface area contributed by atoms with Crippen molar-refractivity contribution in [1.29, 1.82) is 5.26 Å². The maximum absolute atomic E-state index is 13.3. The van der Waals surface area contributed by atoms with Gasteiger partial charge in [-0.2, -0.15) is 10.4 Å². The third-order valence-corrected chi connectivity index (χ3v) is 5.80.